The molecule has 5 nitrogen and oxygen atoms in total. The normalized spacial score (nSPS) is 10.6. The van der Waals surface area contributed by atoms with E-state index in [1.807, 2.05) is 18.3 Å². The first-order valence-electron chi connectivity index (χ1n) is 5.01. The van der Waals surface area contributed by atoms with Crippen LogP contribution in [-0.4, -0.2) is 22.3 Å². The molecule has 2 rings (SSSR count). The minimum atomic E-state index is -0.938. The molecule has 3 N–H and O–H groups in total. The molecule has 2 aromatic rings. The summed E-state index contributed by atoms with van der Waals surface area (Å²) < 4.78 is 0. The van der Waals surface area contributed by atoms with E-state index in [0.29, 0.717) is 0 Å². The van der Waals surface area contributed by atoms with Gasteiger partial charge in [-0.15, -0.1) is 0 Å². The van der Waals surface area contributed by atoms with Gasteiger partial charge in [-0.2, -0.15) is 5.10 Å². The SMILES string of the molecule is O=C(O)c1ccc(NN=Cc2ccc[nH]2)cc1. The van der Waals surface area contributed by atoms with Gasteiger partial charge in [0.25, 0.3) is 0 Å². The van der Waals surface area contributed by atoms with Crippen LogP contribution < -0.4 is 5.43 Å². The highest BCUT2D eigenvalue weighted by Gasteiger charge is 2.00. The molecule has 0 bridgehead atoms. The quantitative estimate of drug-likeness (QED) is 0.555. The minimum Gasteiger partial charge on any atom is -0.478 e. The first-order chi connectivity index (χ1) is 8.25. The van der Waals surface area contributed by atoms with Crippen LogP contribution in [-0.2, 0) is 0 Å². The van der Waals surface area contributed by atoms with E-state index in [1.165, 1.54) is 12.1 Å². The van der Waals surface area contributed by atoms with E-state index in [0.717, 1.165) is 11.4 Å². The number of aromatic amines is 1. The zero-order chi connectivity index (χ0) is 12.1. The Morgan fingerprint density at radius 2 is 2.06 bits per heavy atom. The van der Waals surface area contributed by atoms with Gasteiger partial charge < -0.3 is 10.1 Å². The standard InChI is InChI=1S/C12H11N3O2/c16-12(17)9-3-5-10(6-4-9)15-14-8-11-2-1-7-13-11/h1-8,13,15H,(H,16,17). The largest absolute Gasteiger partial charge is 0.478 e. The van der Waals surface area contributed by atoms with Crippen molar-refractivity contribution in [1.29, 1.82) is 0 Å². The third kappa shape index (κ3) is 2.94. The summed E-state index contributed by atoms with van der Waals surface area (Å²) in [6.07, 6.45) is 3.45. The van der Waals surface area contributed by atoms with Crippen LogP contribution in [0.3, 0.4) is 0 Å². The monoisotopic (exact) mass is 229 g/mol. The number of nitrogens with zero attached hydrogens (tertiary/aromatic N) is 1. The number of aromatic nitrogens is 1. The Morgan fingerprint density at radius 3 is 2.65 bits per heavy atom. The smallest absolute Gasteiger partial charge is 0.335 e. The van der Waals surface area contributed by atoms with Crippen molar-refractivity contribution in [3.8, 4) is 0 Å². The van der Waals surface area contributed by atoms with Crippen molar-refractivity contribution < 1.29 is 9.90 Å². The van der Waals surface area contributed by atoms with Crippen LogP contribution in [0, 0.1) is 0 Å². The second-order valence-electron chi connectivity index (χ2n) is 3.38. The van der Waals surface area contributed by atoms with Crippen LogP contribution in [0.4, 0.5) is 5.69 Å². The number of H-pyrrole nitrogens is 1. The maximum Gasteiger partial charge on any atom is 0.335 e. The van der Waals surface area contributed by atoms with Gasteiger partial charge in [-0.25, -0.2) is 4.79 Å². The predicted octanol–water partition coefficient (Wildman–Crippen LogP) is 2.16. The Hall–Kier alpha value is -2.56. The molecule has 1 aromatic carbocycles. The molecular formula is C12H11N3O2. The Labute approximate surface area is 97.8 Å². The molecular weight excluding hydrogens is 218 g/mol. The molecule has 0 saturated heterocycles. The van der Waals surface area contributed by atoms with E-state index in [4.69, 9.17) is 5.11 Å². The Bertz CT molecular complexity index is 515. The van der Waals surface area contributed by atoms with Crippen molar-refractivity contribution >= 4 is 17.9 Å². The lowest BCUT2D eigenvalue weighted by Crippen LogP contribution is -1.96. The number of hydrogen-bond acceptors (Lipinski definition) is 3. The molecule has 17 heavy (non-hydrogen) atoms. The van der Waals surface area contributed by atoms with Gasteiger partial charge in [-0.1, -0.05) is 0 Å². The number of rotatable bonds is 4. The average molecular weight is 229 g/mol. The number of nitrogens with one attached hydrogen (secondary N) is 2. The van der Waals surface area contributed by atoms with Crippen molar-refractivity contribution in [3.05, 3.63) is 53.9 Å². The third-order valence-electron chi connectivity index (χ3n) is 2.15. The molecule has 0 aliphatic rings. The Kier molecular flexibility index (Phi) is 3.20. The lowest BCUT2D eigenvalue weighted by Gasteiger charge is -1.99. The maximum absolute atomic E-state index is 10.6. The van der Waals surface area contributed by atoms with Crippen molar-refractivity contribution in [2.24, 2.45) is 5.10 Å². The molecule has 0 unspecified atom stereocenters. The maximum atomic E-state index is 10.6. The van der Waals surface area contributed by atoms with E-state index in [9.17, 15) is 4.79 Å². The topological polar surface area (TPSA) is 77.5 Å². The lowest BCUT2D eigenvalue weighted by molar-refractivity contribution is 0.0697. The number of carboxylic acid groups (broad SMARTS) is 1. The van der Waals surface area contributed by atoms with Crippen molar-refractivity contribution in [2.75, 3.05) is 5.43 Å². The van der Waals surface area contributed by atoms with Crippen molar-refractivity contribution in [1.82, 2.24) is 4.98 Å². The summed E-state index contributed by atoms with van der Waals surface area (Å²) in [4.78, 5) is 13.6. The first kappa shape index (κ1) is 10.9. The van der Waals surface area contributed by atoms with Crippen LogP contribution in [0.2, 0.25) is 0 Å². The molecule has 1 aromatic heterocycles. The molecule has 1 heterocycles. The van der Waals surface area contributed by atoms with E-state index in [2.05, 4.69) is 15.5 Å². The zero-order valence-corrected chi connectivity index (χ0v) is 8.92. The van der Waals surface area contributed by atoms with E-state index in [-0.39, 0.29) is 5.56 Å². The van der Waals surface area contributed by atoms with E-state index in [1.54, 1.807) is 18.3 Å². The van der Waals surface area contributed by atoms with Gasteiger partial charge in [0.1, 0.15) is 0 Å². The molecule has 0 spiro atoms. The minimum absolute atomic E-state index is 0.254. The molecule has 5 heteroatoms. The van der Waals surface area contributed by atoms with E-state index < -0.39 is 5.97 Å². The molecule has 0 fully saturated rings. The molecule has 0 atom stereocenters. The third-order valence-corrected chi connectivity index (χ3v) is 2.15. The predicted molar refractivity (Wildman–Crippen MR) is 65.4 cm³/mol. The summed E-state index contributed by atoms with van der Waals surface area (Å²) in [6, 6.07) is 10.1. The van der Waals surface area contributed by atoms with Gasteiger partial charge in [-0.3, -0.25) is 5.43 Å². The molecule has 0 amide bonds. The van der Waals surface area contributed by atoms with Gasteiger partial charge in [0.05, 0.1) is 23.2 Å². The van der Waals surface area contributed by atoms with E-state index >= 15 is 0 Å². The number of hydrazone groups is 1. The van der Waals surface area contributed by atoms with Crippen molar-refractivity contribution in [3.63, 3.8) is 0 Å². The second kappa shape index (κ2) is 4.98. The summed E-state index contributed by atoms with van der Waals surface area (Å²) in [5, 5.41) is 12.7. The van der Waals surface area contributed by atoms with Gasteiger partial charge in [-0.05, 0) is 36.4 Å². The zero-order valence-electron chi connectivity index (χ0n) is 8.92. The Balaban J connectivity index is 1.97. The number of hydrogen-bond donors (Lipinski definition) is 3. The highest BCUT2D eigenvalue weighted by atomic mass is 16.4. The summed E-state index contributed by atoms with van der Waals surface area (Å²) in [6.45, 7) is 0. The fourth-order valence-corrected chi connectivity index (χ4v) is 1.29. The van der Waals surface area contributed by atoms with Gasteiger partial charge in [0, 0.05) is 6.20 Å². The molecule has 0 radical (unpaired) electrons. The summed E-state index contributed by atoms with van der Waals surface area (Å²) >= 11 is 0. The highest BCUT2D eigenvalue weighted by Crippen LogP contribution is 2.09. The lowest BCUT2D eigenvalue weighted by atomic mass is 10.2. The van der Waals surface area contributed by atoms with Crippen LogP contribution in [0.15, 0.2) is 47.7 Å². The number of benzene rings is 1. The van der Waals surface area contributed by atoms with Crippen LogP contribution >= 0.6 is 0 Å². The van der Waals surface area contributed by atoms with Gasteiger partial charge in [0.15, 0.2) is 0 Å². The number of anilines is 1. The molecule has 86 valence electrons. The highest BCUT2D eigenvalue weighted by molar-refractivity contribution is 5.88. The molecule has 0 aliphatic carbocycles. The van der Waals surface area contributed by atoms with Crippen LogP contribution in [0.25, 0.3) is 0 Å². The van der Waals surface area contributed by atoms with Crippen LogP contribution in [0.1, 0.15) is 16.1 Å². The first-order valence-corrected chi connectivity index (χ1v) is 5.01. The van der Waals surface area contributed by atoms with Gasteiger partial charge in [0.2, 0.25) is 0 Å². The molecule has 0 aliphatic heterocycles. The summed E-state index contributed by atoms with van der Waals surface area (Å²) in [5.74, 6) is -0.938. The number of aromatic carboxylic acids is 1. The number of carbonyl (C=O) groups is 1. The summed E-state index contributed by atoms with van der Waals surface area (Å²) in [7, 11) is 0. The number of carboxylic acids is 1. The summed E-state index contributed by atoms with van der Waals surface area (Å²) in [5.41, 5.74) is 4.68. The fourth-order valence-electron chi connectivity index (χ4n) is 1.29. The van der Waals surface area contributed by atoms with Gasteiger partial charge >= 0.3 is 5.97 Å². The average Bonchev–Trinajstić information content (AvgIpc) is 2.83. The van der Waals surface area contributed by atoms with Crippen LogP contribution in [0.5, 0.6) is 0 Å². The molecule has 0 saturated carbocycles. The van der Waals surface area contributed by atoms with Crippen molar-refractivity contribution in [2.45, 2.75) is 0 Å². The second-order valence-corrected chi connectivity index (χ2v) is 3.38. The fraction of sp³-hybridized carbons (Fsp3) is 0. The Morgan fingerprint density at radius 1 is 1.29 bits per heavy atom.